The molecule has 0 unspecified atom stereocenters. The Hall–Kier alpha value is -4.03. The van der Waals surface area contributed by atoms with Crippen molar-refractivity contribution in [2.45, 2.75) is 40.3 Å². The number of fused-ring (bicyclic) bond motifs is 2. The Bertz CT molecular complexity index is 1580. The predicted molar refractivity (Wildman–Crippen MR) is 159 cm³/mol. The van der Waals surface area contributed by atoms with E-state index in [9.17, 15) is 0 Å². The Morgan fingerprint density at radius 2 is 1.69 bits per heavy atom. The van der Waals surface area contributed by atoms with E-state index in [1.807, 2.05) is 6.07 Å². The van der Waals surface area contributed by atoms with Crippen LogP contribution in [0.15, 0.2) is 65.7 Å². The molecule has 0 amide bonds. The van der Waals surface area contributed by atoms with E-state index in [-0.39, 0.29) is 0 Å². The minimum absolute atomic E-state index is 0.598. The summed E-state index contributed by atoms with van der Waals surface area (Å²) in [6, 6.07) is 21.7. The minimum Gasteiger partial charge on any atom is -0.491 e. The van der Waals surface area contributed by atoms with Gasteiger partial charge in [-0.05, 0) is 80.9 Å². The van der Waals surface area contributed by atoms with Crippen molar-refractivity contribution in [2.24, 2.45) is 4.99 Å². The highest BCUT2D eigenvalue weighted by Crippen LogP contribution is 2.39. The maximum Gasteiger partial charge on any atom is 0.144 e. The predicted octanol–water partition coefficient (Wildman–Crippen LogP) is 6.54. The van der Waals surface area contributed by atoms with Gasteiger partial charge in [-0.15, -0.1) is 0 Å². The van der Waals surface area contributed by atoms with Crippen molar-refractivity contribution < 1.29 is 4.74 Å². The van der Waals surface area contributed by atoms with Gasteiger partial charge in [-0.25, -0.2) is 9.97 Å². The summed E-state index contributed by atoms with van der Waals surface area (Å²) in [7, 11) is 4.10. The fourth-order valence-corrected chi connectivity index (χ4v) is 5.72. The number of hydrogen-bond acceptors (Lipinski definition) is 6. The summed E-state index contributed by atoms with van der Waals surface area (Å²) in [6.07, 6.45) is 0.944. The second-order valence-corrected chi connectivity index (χ2v) is 10.9. The van der Waals surface area contributed by atoms with Crippen LogP contribution in [0.4, 0.5) is 11.5 Å². The summed E-state index contributed by atoms with van der Waals surface area (Å²) in [6.45, 7) is 9.08. The van der Waals surface area contributed by atoms with Crippen LogP contribution in [-0.2, 0) is 19.5 Å². The van der Waals surface area contributed by atoms with Crippen LogP contribution in [-0.4, -0.2) is 47.8 Å². The Kier molecular flexibility index (Phi) is 6.65. The van der Waals surface area contributed by atoms with E-state index < -0.39 is 0 Å². The summed E-state index contributed by atoms with van der Waals surface area (Å²) >= 11 is 0. The van der Waals surface area contributed by atoms with E-state index in [2.05, 4.69) is 99.3 Å². The molecule has 3 aromatic carbocycles. The zero-order chi connectivity index (χ0) is 27.1. The zero-order valence-corrected chi connectivity index (χ0v) is 23.5. The van der Waals surface area contributed by atoms with Gasteiger partial charge < -0.3 is 14.5 Å². The molecule has 2 aliphatic heterocycles. The maximum absolute atomic E-state index is 6.37. The second kappa shape index (κ2) is 10.3. The van der Waals surface area contributed by atoms with E-state index in [0.29, 0.717) is 19.7 Å². The Balaban J connectivity index is 1.43. The number of nitrogens with zero attached hydrogens (tertiary/aromatic N) is 5. The van der Waals surface area contributed by atoms with Crippen LogP contribution in [0.3, 0.4) is 0 Å². The number of benzene rings is 3. The lowest BCUT2D eigenvalue weighted by Gasteiger charge is -2.26. The molecule has 0 bridgehead atoms. The lowest BCUT2D eigenvalue weighted by Crippen LogP contribution is -2.28. The van der Waals surface area contributed by atoms with Crippen LogP contribution in [0, 0.1) is 13.8 Å². The van der Waals surface area contributed by atoms with Gasteiger partial charge in [0.25, 0.3) is 0 Å². The Morgan fingerprint density at radius 3 is 2.49 bits per heavy atom. The van der Waals surface area contributed by atoms with Crippen molar-refractivity contribution in [3.63, 3.8) is 0 Å². The van der Waals surface area contributed by atoms with Crippen LogP contribution >= 0.6 is 0 Å². The Labute approximate surface area is 231 Å². The molecule has 1 aromatic heterocycles. The van der Waals surface area contributed by atoms with Gasteiger partial charge in [0.1, 0.15) is 24.0 Å². The Morgan fingerprint density at radius 1 is 0.872 bits per heavy atom. The fraction of sp³-hybridized carbons (Fsp3) is 0.303. The van der Waals surface area contributed by atoms with Crippen molar-refractivity contribution in [2.75, 3.05) is 32.1 Å². The van der Waals surface area contributed by atoms with Crippen LogP contribution < -0.4 is 9.64 Å². The molecule has 6 rings (SSSR count). The van der Waals surface area contributed by atoms with Gasteiger partial charge in [-0.1, -0.05) is 42.5 Å². The molecule has 2 aliphatic rings. The molecule has 0 N–H and O–H groups in total. The minimum atomic E-state index is 0.598. The molecule has 0 fully saturated rings. The first-order chi connectivity index (χ1) is 18.9. The number of ether oxygens (including phenoxy) is 1. The summed E-state index contributed by atoms with van der Waals surface area (Å²) < 4.78 is 6.37. The molecule has 198 valence electrons. The smallest absolute Gasteiger partial charge is 0.144 e. The number of aryl methyl sites for hydroxylation is 2. The third-order valence-electron chi connectivity index (χ3n) is 7.43. The first-order valence-corrected chi connectivity index (χ1v) is 13.6. The molecule has 6 heteroatoms. The molecule has 0 aliphatic carbocycles. The van der Waals surface area contributed by atoms with Gasteiger partial charge in [-0.3, -0.25) is 4.99 Å². The fourth-order valence-electron chi connectivity index (χ4n) is 5.72. The van der Waals surface area contributed by atoms with Gasteiger partial charge in [0.15, 0.2) is 0 Å². The molecule has 0 saturated heterocycles. The lowest BCUT2D eigenvalue weighted by atomic mass is 9.97. The molecular weight excluding hydrogens is 482 g/mol. The van der Waals surface area contributed by atoms with E-state index in [0.717, 1.165) is 58.4 Å². The van der Waals surface area contributed by atoms with E-state index in [1.54, 1.807) is 0 Å². The molecule has 0 spiro atoms. The van der Waals surface area contributed by atoms with Crippen LogP contribution in [0.5, 0.6) is 5.75 Å². The van der Waals surface area contributed by atoms with Crippen LogP contribution in [0.25, 0.3) is 22.3 Å². The average Bonchev–Trinajstić information content (AvgIpc) is 3.13. The lowest BCUT2D eigenvalue weighted by molar-refractivity contribution is 0.329. The number of rotatable bonds is 5. The SMILES string of the molecule is CC1=Nc2cc(-c3cc(C)c4c(c3)CN(c3nc(CN(C)C)nc(C)c3-c3ccccc3)CCO4)ccc2C1. The quantitative estimate of drug-likeness (QED) is 0.301. The van der Waals surface area contributed by atoms with Crippen molar-refractivity contribution in [3.8, 4) is 28.0 Å². The van der Waals surface area contributed by atoms with Gasteiger partial charge in [0.05, 0.1) is 24.5 Å². The summed E-state index contributed by atoms with van der Waals surface area (Å²) in [5.74, 6) is 2.78. The molecule has 3 heterocycles. The van der Waals surface area contributed by atoms with Crippen molar-refractivity contribution in [1.29, 1.82) is 0 Å². The zero-order valence-electron chi connectivity index (χ0n) is 23.5. The van der Waals surface area contributed by atoms with Gasteiger partial charge in [0.2, 0.25) is 0 Å². The molecule has 4 aromatic rings. The maximum atomic E-state index is 6.37. The monoisotopic (exact) mass is 517 g/mol. The first-order valence-electron chi connectivity index (χ1n) is 13.6. The van der Waals surface area contributed by atoms with E-state index in [1.165, 1.54) is 28.0 Å². The summed E-state index contributed by atoms with van der Waals surface area (Å²) in [4.78, 5) is 19.3. The van der Waals surface area contributed by atoms with E-state index >= 15 is 0 Å². The molecule has 6 nitrogen and oxygen atoms in total. The number of aromatic nitrogens is 2. The molecule has 0 saturated carbocycles. The van der Waals surface area contributed by atoms with Crippen molar-refractivity contribution in [3.05, 3.63) is 88.9 Å². The number of anilines is 1. The molecule has 39 heavy (non-hydrogen) atoms. The number of aliphatic imine (C=N–C) groups is 1. The van der Waals surface area contributed by atoms with Gasteiger partial charge in [-0.2, -0.15) is 0 Å². The third kappa shape index (κ3) is 5.04. The second-order valence-electron chi connectivity index (χ2n) is 10.9. The highest BCUT2D eigenvalue weighted by molar-refractivity contribution is 5.93. The third-order valence-corrected chi connectivity index (χ3v) is 7.43. The molecule has 0 atom stereocenters. The highest BCUT2D eigenvalue weighted by atomic mass is 16.5. The topological polar surface area (TPSA) is 53.9 Å². The van der Waals surface area contributed by atoms with Crippen LogP contribution in [0.2, 0.25) is 0 Å². The van der Waals surface area contributed by atoms with Gasteiger partial charge in [0, 0.05) is 29.8 Å². The summed E-state index contributed by atoms with van der Waals surface area (Å²) in [5, 5.41) is 0. The van der Waals surface area contributed by atoms with E-state index in [4.69, 9.17) is 19.7 Å². The first kappa shape index (κ1) is 25.3. The van der Waals surface area contributed by atoms with Crippen molar-refractivity contribution in [1.82, 2.24) is 14.9 Å². The average molecular weight is 518 g/mol. The largest absolute Gasteiger partial charge is 0.491 e. The normalized spacial score (nSPS) is 14.5. The highest BCUT2D eigenvalue weighted by Gasteiger charge is 2.24. The summed E-state index contributed by atoms with van der Waals surface area (Å²) in [5.41, 5.74) is 11.5. The van der Waals surface area contributed by atoms with Crippen molar-refractivity contribution >= 4 is 17.2 Å². The van der Waals surface area contributed by atoms with Gasteiger partial charge >= 0.3 is 0 Å². The van der Waals surface area contributed by atoms with Crippen LogP contribution in [0.1, 0.15) is 35.1 Å². The molecular formula is C33H35N5O. The molecule has 0 radical (unpaired) electrons. The number of hydrogen-bond donors (Lipinski definition) is 0. The standard InChI is InChI=1S/C33H35N5O/c1-21-15-27(25-11-12-26-16-22(2)34-29(26)18-25)17-28-19-38(13-14-39-32(21)28)33-31(24-9-7-6-8-10-24)23(3)35-30(36-33)20-37(4)5/h6-12,15,17-18H,13-14,16,19-20H2,1-5H3.